The summed E-state index contributed by atoms with van der Waals surface area (Å²) < 4.78 is 0. The van der Waals surface area contributed by atoms with Gasteiger partial charge in [-0.1, -0.05) is 29.3 Å². The van der Waals surface area contributed by atoms with Crippen molar-refractivity contribution in [1.29, 1.82) is 0 Å². The third kappa shape index (κ3) is 3.30. The average Bonchev–Trinajstić information content (AvgIpc) is 3.12. The van der Waals surface area contributed by atoms with E-state index < -0.39 is 0 Å². The fourth-order valence-electron chi connectivity index (χ4n) is 3.22. The summed E-state index contributed by atoms with van der Waals surface area (Å²) in [6.07, 6.45) is 5.24. The zero-order chi connectivity index (χ0) is 14.1. The molecule has 1 aliphatic carbocycles. The largest absolute Gasteiger partial charge is 0.313 e. The maximum atomic E-state index is 6.38. The van der Waals surface area contributed by atoms with Crippen LogP contribution in [0.4, 0.5) is 0 Å². The van der Waals surface area contributed by atoms with Gasteiger partial charge in [-0.2, -0.15) is 0 Å². The topological polar surface area (TPSA) is 15.3 Å². The van der Waals surface area contributed by atoms with Gasteiger partial charge in [0.1, 0.15) is 0 Å². The quantitative estimate of drug-likeness (QED) is 0.873. The summed E-state index contributed by atoms with van der Waals surface area (Å²) in [5.74, 6) is 0. The van der Waals surface area contributed by atoms with Crippen molar-refractivity contribution in [2.24, 2.45) is 0 Å². The van der Waals surface area contributed by atoms with Crippen LogP contribution in [-0.2, 0) is 0 Å². The van der Waals surface area contributed by atoms with E-state index in [1.54, 1.807) is 0 Å². The molecule has 4 heteroatoms. The van der Waals surface area contributed by atoms with Crippen LogP contribution in [-0.4, -0.2) is 30.1 Å². The molecular weight excluding hydrogens is 291 g/mol. The maximum absolute atomic E-state index is 6.38. The van der Waals surface area contributed by atoms with Gasteiger partial charge in [0.15, 0.2) is 0 Å². The number of nitrogens with one attached hydrogen (secondary N) is 1. The Hall–Kier alpha value is -0.280. The first kappa shape index (κ1) is 14.6. The molecule has 0 spiro atoms. The lowest BCUT2D eigenvalue weighted by Gasteiger charge is -2.32. The van der Waals surface area contributed by atoms with Crippen LogP contribution in [0.1, 0.15) is 44.2 Å². The number of hydrogen-bond donors (Lipinski definition) is 1. The highest BCUT2D eigenvalue weighted by molar-refractivity contribution is 6.35. The number of rotatable bonds is 5. The average molecular weight is 313 g/mol. The van der Waals surface area contributed by atoms with E-state index in [1.807, 2.05) is 12.1 Å². The molecule has 1 N–H and O–H groups in total. The van der Waals surface area contributed by atoms with Gasteiger partial charge in [0, 0.05) is 34.7 Å². The zero-order valence-corrected chi connectivity index (χ0v) is 13.4. The van der Waals surface area contributed by atoms with E-state index in [0.717, 1.165) is 17.6 Å². The van der Waals surface area contributed by atoms with Gasteiger partial charge in [-0.05, 0) is 56.8 Å². The first-order valence-corrected chi connectivity index (χ1v) is 8.35. The van der Waals surface area contributed by atoms with Crippen LogP contribution >= 0.6 is 23.2 Å². The van der Waals surface area contributed by atoms with Gasteiger partial charge in [-0.25, -0.2) is 0 Å². The van der Waals surface area contributed by atoms with E-state index in [0.29, 0.717) is 17.1 Å². The molecule has 0 radical (unpaired) electrons. The van der Waals surface area contributed by atoms with Crippen molar-refractivity contribution in [2.45, 2.75) is 50.7 Å². The van der Waals surface area contributed by atoms with Gasteiger partial charge in [-0.3, -0.25) is 4.90 Å². The molecule has 1 heterocycles. The molecule has 2 fully saturated rings. The van der Waals surface area contributed by atoms with Crippen molar-refractivity contribution >= 4 is 23.2 Å². The lowest BCUT2D eigenvalue weighted by Crippen LogP contribution is -2.40. The van der Waals surface area contributed by atoms with Crippen LogP contribution in [0.2, 0.25) is 10.0 Å². The number of benzene rings is 1. The highest BCUT2D eigenvalue weighted by atomic mass is 35.5. The maximum Gasteiger partial charge on any atom is 0.0468 e. The first-order chi connectivity index (χ1) is 9.65. The summed E-state index contributed by atoms with van der Waals surface area (Å²) in [5, 5.41) is 5.10. The van der Waals surface area contributed by atoms with Crippen LogP contribution in [0.25, 0.3) is 0 Å². The zero-order valence-electron chi connectivity index (χ0n) is 11.9. The molecule has 20 heavy (non-hydrogen) atoms. The van der Waals surface area contributed by atoms with Crippen LogP contribution in [0.3, 0.4) is 0 Å². The predicted octanol–water partition coefficient (Wildman–Crippen LogP) is 4.27. The van der Waals surface area contributed by atoms with E-state index in [9.17, 15) is 0 Å². The van der Waals surface area contributed by atoms with Gasteiger partial charge in [-0.15, -0.1) is 0 Å². The third-order valence-corrected chi connectivity index (χ3v) is 5.08. The van der Waals surface area contributed by atoms with Crippen LogP contribution in [0, 0.1) is 0 Å². The van der Waals surface area contributed by atoms with E-state index >= 15 is 0 Å². The Labute approximate surface area is 131 Å². The Morgan fingerprint density at radius 2 is 2.10 bits per heavy atom. The Balaban J connectivity index is 1.75. The SMILES string of the molecule is CC(c1ccc(Cl)cc1Cl)N(CC1CCCN1)C1CC1. The summed E-state index contributed by atoms with van der Waals surface area (Å²) in [6.45, 7) is 4.56. The summed E-state index contributed by atoms with van der Waals surface area (Å²) in [5.41, 5.74) is 1.20. The van der Waals surface area contributed by atoms with E-state index in [4.69, 9.17) is 23.2 Å². The Morgan fingerprint density at radius 3 is 2.70 bits per heavy atom. The molecule has 1 aromatic rings. The minimum Gasteiger partial charge on any atom is -0.313 e. The Kier molecular flexibility index (Phi) is 4.56. The minimum atomic E-state index is 0.356. The van der Waals surface area contributed by atoms with Crippen LogP contribution < -0.4 is 5.32 Å². The molecule has 1 saturated heterocycles. The van der Waals surface area contributed by atoms with Gasteiger partial charge in [0.2, 0.25) is 0 Å². The Morgan fingerprint density at radius 1 is 1.30 bits per heavy atom. The van der Waals surface area contributed by atoms with Gasteiger partial charge >= 0.3 is 0 Å². The summed E-state index contributed by atoms with van der Waals surface area (Å²) >= 11 is 12.4. The molecule has 2 atom stereocenters. The summed E-state index contributed by atoms with van der Waals surface area (Å²) in [6, 6.07) is 7.61. The second-order valence-corrected chi connectivity index (χ2v) is 6.91. The van der Waals surface area contributed by atoms with Crippen molar-refractivity contribution in [1.82, 2.24) is 10.2 Å². The van der Waals surface area contributed by atoms with Gasteiger partial charge in [0.25, 0.3) is 0 Å². The molecule has 0 amide bonds. The van der Waals surface area contributed by atoms with Crippen molar-refractivity contribution in [3.05, 3.63) is 33.8 Å². The first-order valence-electron chi connectivity index (χ1n) is 7.59. The Bertz CT molecular complexity index is 468. The molecule has 1 aromatic carbocycles. The highest BCUT2D eigenvalue weighted by Crippen LogP contribution is 2.37. The molecule has 1 aliphatic heterocycles. The fourth-order valence-corrected chi connectivity index (χ4v) is 3.78. The van der Waals surface area contributed by atoms with Crippen LogP contribution in [0.15, 0.2) is 18.2 Å². The standard InChI is InChI=1S/C16H22Cl2N2/c1-11(15-7-4-12(17)9-16(15)18)20(14-5-6-14)10-13-3-2-8-19-13/h4,7,9,11,13-14,19H,2-3,5-6,8,10H2,1H3. The second kappa shape index (κ2) is 6.23. The molecule has 2 aliphatic rings. The van der Waals surface area contributed by atoms with Crippen molar-refractivity contribution in [2.75, 3.05) is 13.1 Å². The summed E-state index contributed by atoms with van der Waals surface area (Å²) in [7, 11) is 0. The van der Waals surface area contributed by atoms with Crippen molar-refractivity contribution in [3.8, 4) is 0 Å². The third-order valence-electron chi connectivity index (χ3n) is 4.52. The molecule has 0 bridgehead atoms. The van der Waals surface area contributed by atoms with Gasteiger partial charge < -0.3 is 5.32 Å². The molecule has 2 unspecified atom stereocenters. The van der Waals surface area contributed by atoms with Gasteiger partial charge in [0.05, 0.1) is 0 Å². The lowest BCUT2D eigenvalue weighted by molar-refractivity contribution is 0.182. The van der Waals surface area contributed by atoms with Crippen LogP contribution in [0.5, 0.6) is 0 Å². The second-order valence-electron chi connectivity index (χ2n) is 6.06. The molecule has 3 rings (SSSR count). The number of hydrogen-bond acceptors (Lipinski definition) is 2. The normalized spacial score (nSPS) is 24.3. The molecule has 1 saturated carbocycles. The predicted molar refractivity (Wildman–Crippen MR) is 85.6 cm³/mol. The summed E-state index contributed by atoms with van der Waals surface area (Å²) in [4.78, 5) is 2.62. The van der Waals surface area contributed by atoms with E-state index in [2.05, 4.69) is 23.2 Å². The highest BCUT2D eigenvalue weighted by Gasteiger charge is 2.35. The number of nitrogens with zero attached hydrogens (tertiary/aromatic N) is 1. The smallest absolute Gasteiger partial charge is 0.0468 e. The fraction of sp³-hybridized carbons (Fsp3) is 0.625. The molecular formula is C16H22Cl2N2. The number of halogens is 2. The molecule has 2 nitrogen and oxygen atoms in total. The lowest BCUT2D eigenvalue weighted by atomic mass is 10.1. The van der Waals surface area contributed by atoms with Crippen molar-refractivity contribution in [3.63, 3.8) is 0 Å². The minimum absolute atomic E-state index is 0.356. The monoisotopic (exact) mass is 312 g/mol. The van der Waals surface area contributed by atoms with Crippen molar-refractivity contribution < 1.29 is 0 Å². The molecule has 110 valence electrons. The van der Waals surface area contributed by atoms with E-state index in [1.165, 1.54) is 37.8 Å². The van der Waals surface area contributed by atoms with E-state index in [-0.39, 0.29) is 0 Å². The molecule has 0 aromatic heterocycles.